The van der Waals surface area contributed by atoms with Gasteiger partial charge in [-0.25, -0.2) is 4.98 Å². The van der Waals surface area contributed by atoms with Crippen molar-refractivity contribution in [2.24, 2.45) is 5.84 Å². The van der Waals surface area contributed by atoms with E-state index in [1.54, 1.807) is 11.3 Å². The quantitative estimate of drug-likeness (QED) is 0.656. The van der Waals surface area contributed by atoms with Gasteiger partial charge in [-0.1, -0.05) is 11.6 Å². The maximum atomic E-state index is 6.28. The van der Waals surface area contributed by atoms with Crippen molar-refractivity contribution in [1.82, 2.24) is 15.0 Å². The lowest BCUT2D eigenvalue weighted by Gasteiger charge is -2.15. The molecule has 0 aliphatic heterocycles. The van der Waals surface area contributed by atoms with Crippen molar-refractivity contribution in [1.29, 1.82) is 0 Å². The number of halogens is 1. The highest BCUT2D eigenvalue weighted by molar-refractivity contribution is 7.10. The molecule has 0 amide bonds. The summed E-state index contributed by atoms with van der Waals surface area (Å²) in [6.45, 7) is 5.01. The molecule has 6 heteroatoms. The van der Waals surface area contributed by atoms with Gasteiger partial charge in [0.15, 0.2) is 0 Å². The lowest BCUT2D eigenvalue weighted by Crippen LogP contribution is -2.30. The molecule has 0 saturated carbocycles. The molecule has 18 heavy (non-hydrogen) atoms. The number of hydrazine groups is 1. The number of aromatic nitrogens is 2. The summed E-state index contributed by atoms with van der Waals surface area (Å²) in [5, 5.41) is 2.85. The van der Waals surface area contributed by atoms with Crippen molar-refractivity contribution in [3.05, 3.63) is 39.1 Å². The summed E-state index contributed by atoms with van der Waals surface area (Å²) in [6, 6.07) is 0.00361. The summed E-state index contributed by atoms with van der Waals surface area (Å²) < 4.78 is 2.11. The Balaban J connectivity index is 2.22. The number of nitrogens with zero attached hydrogens (tertiary/aromatic N) is 2. The van der Waals surface area contributed by atoms with Crippen LogP contribution in [0.25, 0.3) is 0 Å². The van der Waals surface area contributed by atoms with Crippen LogP contribution < -0.4 is 11.3 Å². The molecule has 0 saturated heterocycles. The van der Waals surface area contributed by atoms with Crippen molar-refractivity contribution >= 4 is 22.9 Å². The number of rotatable bonds is 5. The third-order valence-electron chi connectivity index (χ3n) is 2.97. The molecule has 2 heterocycles. The first kappa shape index (κ1) is 13.5. The second-order valence-corrected chi connectivity index (χ2v) is 5.44. The van der Waals surface area contributed by atoms with Crippen molar-refractivity contribution in [2.45, 2.75) is 32.9 Å². The van der Waals surface area contributed by atoms with Gasteiger partial charge >= 0.3 is 0 Å². The molecule has 98 valence electrons. The maximum absolute atomic E-state index is 6.28. The maximum Gasteiger partial charge on any atom is 0.110 e. The smallest absolute Gasteiger partial charge is 0.110 e. The van der Waals surface area contributed by atoms with E-state index in [1.807, 2.05) is 24.7 Å². The molecule has 0 aromatic carbocycles. The van der Waals surface area contributed by atoms with Crippen LogP contribution in [0.15, 0.2) is 17.8 Å². The molecule has 0 fully saturated rings. The fourth-order valence-corrected chi connectivity index (χ4v) is 3.30. The predicted octanol–water partition coefficient (Wildman–Crippen LogP) is 2.67. The molecular formula is C12H17ClN4S. The Morgan fingerprint density at radius 2 is 2.39 bits per heavy atom. The summed E-state index contributed by atoms with van der Waals surface area (Å²) in [6.07, 6.45) is 4.52. The molecule has 2 aromatic rings. The molecule has 0 bridgehead atoms. The fourth-order valence-electron chi connectivity index (χ4n) is 1.91. The van der Waals surface area contributed by atoms with Crippen LogP contribution in [0.5, 0.6) is 0 Å². The molecule has 0 spiro atoms. The van der Waals surface area contributed by atoms with E-state index < -0.39 is 0 Å². The van der Waals surface area contributed by atoms with E-state index in [0.717, 1.165) is 34.3 Å². The standard InChI is InChI=1S/C12H17ClN4S/c1-3-17-5-4-15-10(17)6-9(16-14)12-11(13)8(2)7-18-12/h4-5,7,9,16H,3,6,14H2,1-2H3. The van der Waals surface area contributed by atoms with Crippen molar-refractivity contribution < 1.29 is 0 Å². The Bertz CT molecular complexity index is 520. The normalized spacial score (nSPS) is 12.9. The molecule has 0 radical (unpaired) electrons. The summed E-state index contributed by atoms with van der Waals surface area (Å²) in [5.74, 6) is 6.67. The summed E-state index contributed by atoms with van der Waals surface area (Å²) in [4.78, 5) is 5.44. The van der Waals surface area contributed by atoms with Gasteiger partial charge in [0.05, 0.1) is 11.1 Å². The average Bonchev–Trinajstić information content (AvgIpc) is 2.95. The topological polar surface area (TPSA) is 55.9 Å². The number of nitrogens with one attached hydrogen (secondary N) is 1. The van der Waals surface area contributed by atoms with Crippen molar-refractivity contribution in [2.75, 3.05) is 0 Å². The third-order valence-corrected chi connectivity index (χ3v) is 4.80. The van der Waals surface area contributed by atoms with Crippen LogP contribution in [-0.2, 0) is 13.0 Å². The van der Waals surface area contributed by atoms with E-state index in [4.69, 9.17) is 17.4 Å². The zero-order valence-corrected chi connectivity index (χ0v) is 12.1. The monoisotopic (exact) mass is 284 g/mol. The third kappa shape index (κ3) is 2.59. The van der Waals surface area contributed by atoms with Crippen molar-refractivity contribution in [3.8, 4) is 0 Å². The van der Waals surface area contributed by atoms with Crippen LogP contribution in [0.3, 0.4) is 0 Å². The number of nitrogens with two attached hydrogens (primary N) is 1. The van der Waals surface area contributed by atoms with Crippen LogP contribution >= 0.6 is 22.9 Å². The van der Waals surface area contributed by atoms with E-state index >= 15 is 0 Å². The van der Waals surface area contributed by atoms with Crippen LogP contribution in [0.2, 0.25) is 5.02 Å². The first-order valence-corrected chi connectivity index (χ1v) is 7.12. The van der Waals surface area contributed by atoms with Gasteiger partial charge < -0.3 is 4.57 Å². The number of thiophene rings is 1. The number of imidazole rings is 1. The molecule has 0 aliphatic carbocycles. The van der Waals surface area contributed by atoms with Crippen LogP contribution in [0.4, 0.5) is 0 Å². The molecule has 1 unspecified atom stereocenters. The van der Waals surface area contributed by atoms with E-state index in [9.17, 15) is 0 Å². The highest BCUT2D eigenvalue weighted by Gasteiger charge is 2.19. The van der Waals surface area contributed by atoms with E-state index in [-0.39, 0.29) is 6.04 Å². The lowest BCUT2D eigenvalue weighted by molar-refractivity contribution is 0.530. The minimum absolute atomic E-state index is 0.00361. The molecule has 1 atom stereocenters. The highest BCUT2D eigenvalue weighted by Crippen LogP contribution is 2.33. The summed E-state index contributed by atoms with van der Waals surface area (Å²) in [5.41, 5.74) is 3.93. The van der Waals surface area contributed by atoms with Gasteiger partial charge in [-0.2, -0.15) is 0 Å². The predicted molar refractivity (Wildman–Crippen MR) is 75.7 cm³/mol. The Morgan fingerprint density at radius 1 is 1.61 bits per heavy atom. The Labute approximate surface area is 116 Å². The molecule has 3 N–H and O–H groups in total. The van der Waals surface area contributed by atoms with E-state index in [0.29, 0.717) is 0 Å². The van der Waals surface area contributed by atoms with Gasteiger partial charge in [0.25, 0.3) is 0 Å². The molecule has 2 aromatic heterocycles. The molecule has 4 nitrogen and oxygen atoms in total. The summed E-state index contributed by atoms with van der Waals surface area (Å²) >= 11 is 7.92. The lowest BCUT2D eigenvalue weighted by atomic mass is 10.1. The van der Waals surface area contributed by atoms with Crippen LogP contribution in [-0.4, -0.2) is 9.55 Å². The van der Waals surface area contributed by atoms with Gasteiger partial charge in [0.2, 0.25) is 0 Å². The van der Waals surface area contributed by atoms with Gasteiger partial charge in [0.1, 0.15) is 5.82 Å². The van der Waals surface area contributed by atoms with Gasteiger partial charge in [-0.05, 0) is 24.8 Å². The zero-order valence-electron chi connectivity index (χ0n) is 10.5. The first-order valence-electron chi connectivity index (χ1n) is 5.87. The number of aryl methyl sites for hydroxylation is 2. The van der Waals surface area contributed by atoms with Crippen LogP contribution in [0, 0.1) is 6.92 Å². The number of hydrogen-bond donors (Lipinski definition) is 2. The van der Waals surface area contributed by atoms with Crippen LogP contribution in [0.1, 0.15) is 29.2 Å². The minimum Gasteiger partial charge on any atom is -0.335 e. The van der Waals surface area contributed by atoms with Gasteiger partial charge in [-0.3, -0.25) is 11.3 Å². The minimum atomic E-state index is 0.00361. The van der Waals surface area contributed by atoms with Gasteiger partial charge in [-0.15, -0.1) is 11.3 Å². The first-order chi connectivity index (χ1) is 8.67. The molecule has 0 aliphatic rings. The zero-order chi connectivity index (χ0) is 13.1. The number of hydrogen-bond acceptors (Lipinski definition) is 4. The average molecular weight is 285 g/mol. The Kier molecular flexibility index (Phi) is 4.40. The summed E-state index contributed by atoms with van der Waals surface area (Å²) in [7, 11) is 0. The fraction of sp³-hybridized carbons (Fsp3) is 0.417. The molecular weight excluding hydrogens is 268 g/mol. The van der Waals surface area contributed by atoms with Crippen molar-refractivity contribution in [3.63, 3.8) is 0 Å². The SMILES string of the molecule is CCn1ccnc1CC(NN)c1scc(C)c1Cl. The molecule has 2 rings (SSSR count). The second-order valence-electron chi connectivity index (χ2n) is 4.15. The Morgan fingerprint density at radius 3 is 2.94 bits per heavy atom. The Hall–Kier alpha value is -0.880. The highest BCUT2D eigenvalue weighted by atomic mass is 35.5. The largest absolute Gasteiger partial charge is 0.335 e. The van der Waals surface area contributed by atoms with E-state index in [2.05, 4.69) is 21.9 Å². The van der Waals surface area contributed by atoms with E-state index in [1.165, 1.54) is 0 Å². The van der Waals surface area contributed by atoms with Gasteiger partial charge in [0, 0.05) is 30.2 Å². The second kappa shape index (κ2) is 5.84.